The first-order valence-electron chi connectivity index (χ1n) is 6.54. The number of benzene rings is 1. The summed E-state index contributed by atoms with van der Waals surface area (Å²) in [6, 6.07) is 4.97. The molecule has 0 aliphatic carbocycles. The van der Waals surface area contributed by atoms with E-state index in [4.69, 9.17) is 4.74 Å². The number of aliphatic imine (C=N–C) groups is 1. The number of rotatable bonds is 6. The number of methoxy groups -OCH3 is 1. The number of guanidine groups is 1. The fourth-order valence-electron chi connectivity index (χ4n) is 1.67. The van der Waals surface area contributed by atoms with Gasteiger partial charge in [-0.1, -0.05) is 15.9 Å². The molecule has 0 amide bonds. The van der Waals surface area contributed by atoms with Gasteiger partial charge in [0.1, 0.15) is 5.82 Å². The zero-order chi connectivity index (χ0) is 15.0. The summed E-state index contributed by atoms with van der Waals surface area (Å²) in [5, 5.41) is 6.33. The Morgan fingerprint density at radius 3 is 2.81 bits per heavy atom. The molecule has 0 heterocycles. The molecular formula is C14H22BrFIN3O. The van der Waals surface area contributed by atoms with E-state index in [0.717, 1.165) is 11.0 Å². The summed E-state index contributed by atoms with van der Waals surface area (Å²) in [6.07, 6.45) is 0. The fraction of sp³-hybridized carbons (Fsp3) is 0.500. The zero-order valence-electron chi connectivity index (χ0n) is 12.5. The van der Waals surface area contributed by atoms with Crippen LogP contribution in [0.5, 0.6) is 0 Å². The van der Waals surface area contributed by atoms with Gasteiger partial charge in [0.2, 0.25) is 0 Å². The SMILES string of the molecule is CCNC(=NCc1cc(Br)ccc1F)NC(C)COC.I. The first kappa shape index (κ1) is 20.6. The highest BCUT2D eigenvalue weighted by atomic mass is 127. The molecule has 0 aromatic heterocycles. The minimum absolute atomic E-state index is 0. The molecule has 0 bridgehead atoms. The van der Waals surface area contributed by atoms with Crippen molar-refractivity contribution in [2.45, 2.75) is 26.4 Å². The summed E-state index contributed by atoms with van der Waals surface area (Å²) in [7, 11) is 1.65. The normalized spacial score (nSPS) is 12.5. The molecule has 0 aliphatic heterocycles. The van der Waals surface area contributed by atoms with Crippen molar-refractivity contribution in [1.82, 2.24) is 10.6 Å². The van der Waals surface area contributed by atoms with Gasteiger partial charge in [-0.25, -0.2) is 9.38 Å². The van der Waals surface area contributed by atoms with Crippen LogP contribution in [-0.4, -0.2) is 32.3 Å². The Balaban J connectivity index is 0.00000400. The molecule has 0 radical (unpaired) electrons. The molecule has 1 aromatic carbocycles. The van der Waals surface area contributed by atoms with E-state index < -0.39 is 0 Å². The zero-order valence-corrected chi connectivity index (χ0v) is 16.4. The average Bonchev–Trinajstić information content (AvgIpc) is 2.40. The van der Waals surface area contributed by atoms with Gasteiger partial charge < -0.3 is 15.4 Å². The lowest BCUT2D eigenvalue weighted by Gasteiger charge is -2.17. The number of halogens is 3. The van der Waals surface area contributed by atoms with Crippen molar-refractivity contribution in [2.75, 3.05) is 20.3 Å². The van der Waals surface area contributed by atoms with Gasteiger partial charge >= 0.3 is 0 Å². The molecule has 1 atom stereocenters. The first-order chi connectivity index (χ1) is 9.56. The first-order valence-corrected chi connectivity index (χ1v) is 7.33. The van der Waals surface area contributed by atoms with Gasteiger partial charge in [0.05, 0.1) is 13.2 Å². The van der Waals surface area contributed by atoms with Gasteiger partial charge in [0.15, 0.2) is 5.96 Å². The predicted octanol–water partition coefficient (Wildman–Crippen LogP) is 3.30. The van der Waals surface area contributed by atoms with Crippen molar-refractivity contribution in [3.63, 3.8) is 0 Å². The van der Waals surface area contributed by atoms with E-state index in [-0.39, 0.29) is 42.4 Å². The smallest absolute Gasteiger partial charge is 0.191 e. The lowest BCUT2D eigenvalue weighted by Crippen LogP contribution is -2.43. The van der Waals surface area contributed by atoms with Crippen LogP contribution in [-0.2, 0) is 11.3 Å². The number of nitrogens with one attached hydrogen (secondary N) is 2. The van der Waals surface area contributed by atoms with Gasteiger partial charge in [0.25, 0.3) is 0 Å². The van der Waals surface area contributed by atoms with E-state index in [0.29, 0.717) is 18.1 Å². The van der Waals surface area contributed by atoms with Crippen LogP contribution in [0, 0.1) is 5.82 Å². The molecule has 1 rings (SSSR count). The summed E-state index contributed by atoms with van der Waals surface area (Å²) in [4.78, 5) is 4.39. The van der Waals surface area contributed by atoms with Crippen molar-refractivity contribution in [3.8, 4) is 0 Å². The monoisotopic (exact) mass is 473 g/mol. The largest absolute Gasteiger partial charge is 0.383 e. The van der Waals surface area contributed by atoms with Crippen LogP contribution in [0.15, 0.2) is 27.7 Å². The summed E-state index contributed by atoms with van der Waals surface area (Å²) in [5.74, 6) is 0.397. The Labute approximate surface area is 151 Å². The minimum Gasteiger partial charge on any atom is -0.383 e. The number of hydrogen-bond acceptors (Lipinski definition) is 2. The van der Waals surface area contributed by atoms with Crippen molar-refractivity contribution in [1.29, 1.82) is 0 Å². The van der Waals surface area contributed by atoms with Crippen molar-refractivity contribution in [2.24, 2.45) is 4.99 Å². The standard InChI is InChI=1S/C14H21BrFN3O.HI/c1-4-17-14(19-10(2)9-20-3)18-8-11-7-12(15)5-6-13(11)16;/h5-7,10H,4,8-9H2,1-3H3,(H2,17,18,19);1H. The number of ether oxygens (including phenoxy) is 1. The Kier molecular flexibility index (Phi) is 11.0. The van der Waals surface area contributed by atoms with Crippen LogP contribution in [0.1, 0.15) is 19.4 Å². The van der Waals surface area contributed by atoms with Crippen LogP contribution in [0.2, 0.25) is 0 Å². The second-order valence-corrected chi connectivity index (χ2v) is 5.35. The second-order valence-electron chi connectivity index (χ2n) is 4.43. The second kappa shape index (κ2) is 11.2. The van der Waals surface area contributed by atoms with E-state index in [2.05, 4.69) is 31.6 Å². The topological polar surface area (TPSA) is 45.7 Å². The maximum atomic E-state index is 13.6. The van der Waals surface area contributed by atoms with Gasteiger partial charge in [-0.05, 0) is 32.0 Å². The fourth-order valence-corrected chi connectivity index (χ4v) is 2.08. The maximum absolute atomic E-state index is 13.6. The highest BCUT2D eigenvalue weighted by Gasteiger charge is 2.06. The lowest BCUT2D eigenvalue weighted by molar-refractivity contribution is 0.179. The molecule has 0 saturated carbocycles. The lowest BCUT2D eigenvalue weighted by atomic mass is 10.2. The quantitative estimate of drug-likeness (QED) is 0.378. The third kappa shape index (κ3) is 7.96. The molecule has 0 saturated heterocycles. The Morgan fingerprint density at radius 1 is 1.48 bits per heavy atom. The number of hydrogen-bond donors (Lipinski definition) is 2. The molecule has 1 aromatic rings. The Bertz CT molecular complexity index is 460. The summed E-state index contributed by atoms with van der Waals surface area (Å²) < 4.78 is 19.5. The van der Waals surface area contributed by atoms with E-state index in [1.54, 1.807) is 19.2 Å². The minimum atomic E-state index is -0.252. The highest BCUT2D eigenvalue weighted by molar-refractivity contribution is 14.0. The summed E-state index contributed by atoms with van der Waals surface area (Å²) in [6.45, 7) is 5.58. The third-order valence-corrected chi connectivity index (χ3v) is 3.05. The van der Waals surface area contributed by atoms with Crippen LogP contribution in [0.4, 0.5) is 4.39 Å². The summed E-state index contributed by atoms with van der Waals surface area (Å²) >= 11 is 3.33. The van der Waals surface area contributed by atoms with E-state index in [1.165, 1.54) is 6.07 Å². The molecule has 1 unspecified atom stereocenters. The van der Waals surface area contributed by atoms with Crippen molar-refractivity contribution >= 4 is 45.9 Å². The van der Waals surface area contributed by atoms with Crippen LogP contribution < -0.4 is 10.6 Å². The van der Waals surface area contributed by atoms with Gasteiger partial charge in [-0.15, -0.1) is 24.0 Å². The van der Waals surface area contributed by atoms with E-state index in [9.17, 15) is 4.39 Å². The molecule has 4 nitrogen and oxygen atoms in total. The van der Waals surface area contributed by atoms with Crippen LogP contribution >= 0.6 is 39.9 Å². The summed E-state index contributed by atoms with van der Waals surface area (Å²) in [5.41, 5.74) is 0.552. The van der Waals surface area contributed by atoms with Gasteiger partial charge in [-0.3, -0.25) is 0 Å². The maximum Gasteiger partial charge on any atom is 0.191 e. The Hall–Kier alpha value is -0.410. The van der Waals surface area contributed by atoms with Crippen molar-refractivity contribution in [3.05, 3.63) is 34.1 Å². The molecule has 21 heavy (non-hydrogen) atoms. The third-order valence-electron chi connectivity index (χ3n) is 2.56. The van der Waals surface area contributed by atoms with Crippen molar-refractivity contribution < 1.29 is 9.13 Å². The van der Waals surface area contributed by atoms with Gasteiger partial charge in [-0.2, -0.15) is 0 Å². The van der Waals surface area contributed by atoms with Crippen LogP contribution in [0.3, 0.4) is 0 Å². The van der Waals surface area contributed by atoms with Gasteiger partial charge in [0, 0.05) is 29.7 Å². The average molecular weight is 474 g/mol. The number of nitrogens with zero attached hydrogens (tertiary/aromatic N) is 1. The molecular weight excluding hydrogens is 452 g/mol. The Morgan fingerprint density at radius 2 is 2.19 bits per heavy atom. The molecule has 2 N–H and O–H groups in total. The van der Waals surface area contributed by atoms with E-state index >= 15 is 0 Å². The molecule has 0 aliphatic rings. The molecule has 7 heteroatoms. The van der Waals surface area contributed by atoms with Crippen LogP contribution in [0.25, 0.3) is 0 Å². The van der Waals surface area contributed by atoms with E-state index in [1.807, 2.05) is 13.8 Å². The predicted molar refractivity (Wildman–Crippen MR) is 98.8 cm³/mol. The molecule has 120 valence electrons. The molecule has 0 fully saturated rings. The highest BCUT2D eigenvalue weighted by Crippen LogP contribution is 2.16. The molecule has 0 spiro atoms.